The predicted octanol–water partition coefficient (Wildman–Crippen LogP) is 1.71. The van der Waals surface area contributed by atoms with Crippen LogP contribution in [-0.2, 0) is 26.1 Å². The third kappa shape index (κ3) is 4.51. The number of ether oxygens (including phenoxy) is 1. The molecule has 2 aromatic carbocycles. The molecule has 9 nitrogen and oxygen atoms in total. The number of carbonyl (C=O) groups is 2. The van der Waals surface area contributed by atoms with Crippen LogP contribution in [0.5, 0.6) is 0 Å². The molecule has 0 spiro atoms. The van der Waals surface area contributed by atoms with Gasteiger partial charge in [0.2, 0.25) is 15.9 Å². The lowest BCUT2D eigenvalue weighted by atomic mass is 10.2. The standard InChI is InChI=1S/C22H24N4O5S/c1-16-24-19-5-2-3-6-20(19)26(16)12-4-14-31-22(28)17-7-9-18(10-8-17)32(29,30)25-13-11-23-21(27)15-25/h2-3,5-10H,4,11-15H2,1H3,(H,23,27). The molecule has 10 heteroatoms. The Morgan fingerprint density at radius 1 is 1.16 bits per heavy atom. The van der Waals surface area contributed by atoms with Crippen molar-refractivity contribution < 1.29 is 22.7 Å². The average molecular weight is 457 g/mol. The number of para-hydroxylation sites is 2. The highest BCUT2D eigenvalue weighted by Crippen LogP contribution is 2.18. The summed E-state index contributed by atoms with van der Waals surface area (Å²) in [6.45, 7) is 3.12. The van der Waals surface area contributed by atoms with Gasteiger partial charge in [-0.15, -0.1) is 0 Å². The molecule has 4 rings (SSSR count). The van der Waals surface area contributed by atoms with Gasteiger partial charge in [0.25, 0.3) is 0 Å². The van der Waals surface area contributed by atoms with Crippen LogP contribution in [0.2, 0.25) is 0 Å². The van der Waals surface area contributed by atoms with Gasteiger partial charge in [0.1, 0.15) is 5.82 Å². The van der Waals surface area contributed by atoms with Crippen molar-refractivity contribution in [2.24, 2.45) is 0 Å². The molecule has 0 bridgehead atoms. The molecule has 1 amide bonds. The van der Waals surface area contributed by atoms with E-state index in [0.717, 1.165) is 21.2 Å². The van der Waals surface area contributed by atoms with Crippen LogP contribution in [0.25, 0.3) is 11.0 Å². The Hall–Kier alpha value is -3.24. The maximum atomic E-state index is 12.7. The normalized spacial score (nSPS) is 15.0. The number of piperazine rings is 1. The van der Waals surface area contributed by atoms with E-state index in [2.05, 4.69) is 14.9 Å². The molecule has 0 unspecified atom stereocenters. The van der Waals surface area contributed by atoms with Gasteiger partial charge in [-0.1, -0.05) is 12.1 Å². The number of aryl methyl sites for hydroxylation is 2. The van der Waals surface area contributed by atoms with Crippen LogP contribution in [0.3, 0.4) is 0 Å². The Morgan fingerprint density at radius 2 is 1.91 bits per heavy atom. The summed E-state index contributed by atoms with van der Waals surface area (Å²) >= 11 is 0. The maximum absolute atomic E-state index is 12.7. The lowest BCUT2D eigenvalue weighted by Gasteiger charge is -2.25. The number of nitrogens with one attached hydrogen (secondary N) is 1. The number of sulfonamides is 1. The Morgan fingerprint density at radius 3 is 2.66 bits per heavy atom. The lowest BCUT2D eigenvalue weighted by molar-refractivity contribution is -0.122. The van der Waals surface area contributed by atoms with Crippen molar-refractivity contribution in [3.63, 3.8) is 0 Å². The number of aromatic nitrogens is 2. The number of imidazole rings is 1. The fourth-order valence-corrected chi connectivity index (χ4v) is 5.08. The molecule has 1 aliphatic rings. The van der Waals surface area contributed by atoms with Gasteiger partial charge in [-0.2, -0.15) is 4.31 Å². The van der Waals surface area contributed by atoms with Crippen molar-refractivity contribution in [2.45, 2.75) is 24.8 Å². The summed E-state index contributed by atoms with van der Waals surface area (Å²) in [4.78, 5) is 28.4. The number of hydrogen-bond acceptors (Lipinski definition) is 6. The maximum Gasteiger partial charge on any atom is 0.338 e. The summed E-state index contributed by atoms with van der Waals surface area (Å²) in [5, 5.41) is 2.59. The lowest BCUT2D eigenvalue weighted by Crippen LogP contribution is -2.49. The number of hydrogen-bond donors (Lipinski definition) is 1. The first-order valence-corrected chi connectivity index (χ1v) is 11.8. The highest BCUT2D eigenvalue weighted by Gasteiger charge is 2.29. The fourth-order valence-electron chi connectivity index (χ4n) is 3.68. The van der Waals surface area contributed by atoms with Crippen molar-refractivity contribution in [1.82, 2.24) is 19.2 Å². The third-order valence-electron chi connectivity index (χ3n) is 5.34. The number of nitrogens with zero attached hydrogens (tertiary/aromatic N) is 3. The molecule has 0 radical (unpaired) electrons. The van der Waals surface area contributed by atoms with Gasteiger partial charge in [-0.3, -0.25) is 4.79 Å². The summed E-state index contributed by atoms with van der Waals surface area (Å²) in [6.07, 6.45) is 0.621. The van der Waals surface area contributed by atoms with E-state index in [9.17, 15) is 18.0 Å². The zero-order valence-corrected chi connectivity index (χ0v) is 18.5. The molecule has 1 aromatic heterocycles. The molecule has 1 fully saturated rings. The van der Waals surface area contributed by atoms with Gasteiger partial charge in [-0.25, -0.2) is 18.2 Å². The first-order valence-electron chi connectivity index (χ1n) is 10.3. The smallest absolute Gasteiger partial charge is 0.338 e. The van der Waals surface area contributed by atoms with Crippen LogP contribution in [0.4, 0.5) is 0 Å². The minimum atomic E-state index is -3.79. The van der Waals surface area contributed by atoms with E-state index in [1.807, 2.05) is 31.2 Å². The molecule has 0 atom stereocenters. The molecule has 2 heterocycles. The number of rotatable bonds is 7. The Bertz CT molecular complexity index is 1250. The van der Waals surface area contributed by atoms with Gasteiger partial charge >= 0.3 is 5.97 Å². The second-order valence-electron chi connectivity index (χ2n) is 7.50. The quantitative estimate of drug-likeness (QED) is 0.428. The largest absolute Gasteiger partial charge is 0.462 e. The number of amides is 1. The van der Waals surface area contributed by atoms with Crippen LogP contribution in [0, 0.1) is 6.92 Å². The number of esters is 1. The zero-order valence-electron chi connectivity index (χ0n) is 17.7. The van der Waals surface area contributed by atoms with E-state index in [4.69, 9.17) is 4.74 Å². The van der Waals surface area contributed by atoms with Gasteiger partial charge in [0, 0.05) is 19.6 Å². The topological polar surface area (TPSA) is 111 Å². The molecule has 0 aliphatic carbocycles. The third-order valence-corrected chi connectivity index (χ3v) is 7.20. The minimum Gasteiger partial charge on any atom is -0.462 e. The van der Waals surface area contributed by atoms with Gasteiger partial charge in [-0.05, 0) is 49.7 Å². The molecule has 3 aromatic rings. The molecule has 32 heavy (non-hydrogen) atoms. The second kappa shape index (κ2) is 9.09. The van der Waals surface area contributed by atoms with Crippen molar-refractivity contribution >= 4 is 32.9 Å². The molecule has 1 aliphatic heterocycles. The fraction of sp³-hybridized carbons (Fsp3) is 0.318. The zero-order chi connectivity index (χ0) is 22.7. The number of benzene rings is 2. The summed E-state index contributed by atoms with van der Waals surface area (Å²) in [7, 11) is -3.79. The molecule has 1 saturated heterocycles. The van der Waals surface area contributed by atoms with E-state index in [0.29, 0.717) is 13.0 Å². The van der Waals surface area contributed by atoms with Crippen molar-refractivity contribution in [3.8, 4) is 0 Å². The van der Waals surface area contributed by atoms with E-state index in [1.165, 1.54) is 24.3 Å². The van der Waals surface area contributed by atoms with Crippen LogP contribution >= 0.6 is 0 Å². The summed E-state index contributed by atoms with van der Waals surface area (Å²) in [5.41, 5.74) is 2.24. The van der Waals surface area contributed by atoms with Crippen LogP contribution in [0.1, 0.15) is 22.6 Å². The minimum absolute atomic E-state index is 0.0335. The van der Waals surface area contributed by atoms with Crippen LogP contribution < -0.4 is 5.32 Å². The molecular formula is C22H24N4O5S. The number of fused-ring (bicyclic) bond motifs is 1. The Labute approximate surface area is 186 Å². The second-order valence-corrected chi connectivity index (χ2v) is 9.44. The first-order chi connectivity index (χ1) is 15.4. The highest BCUT2D eigenvalue weighted by molar-refractivity contribution is 7.89. The first kappa shape index (κ1) is 22.0. The van der Waals surface area contributed by atoms with E-state index < -0.39 is 16.0 Å². The highest BCUT2D eigenvalue weighted by atomic mass is 32.2. The van der Waals surface area contributed by atoms with Crippen molar-refractivity contribution in [1.29, 1.82) is 0 Å². The Balaban J connectivity index is 1.33. The van der Waals surface area contributed by atoms with Gasteiger partial charge in [0.15, 0.2) is 0 Å². The molecule has 0 saturated carbocycles. The van der Waals surface area contributed by atoms with Crippen LogP contribution in [-0.4, -0.2) is 60.4 Å². The SMILES string of the molecule is Cc1nc2ccccc2n1CCCOC(=O)c1ccc(S(=O)(=O)N2CCNC(=O)C2)cc1. The molecular weight excluding hydrogens is 432 g/mol. The summed E-state index contributed by atoms with van der Waals surface area (Å²) in [5.74, 6) is 0.0536. The number of carbonyl (C=O) groups excluding carboxylic acids is 2. The Kier molecular flexibility index (Phi) is 6.24. The van der Waals surface area contributed by atoms with Crippen molar-refractivity contribution in [3.05, 3.63) is 59.9 Å². The van der Waals surface area contributed by atoms with E-state index in [1.54, 1.807) is 0 Å². The monoisotopic (exact) mass is 456 g/mol. The van der Waals surface area contributed by atoms with Crippen LogP contribution in [0.15, 0.2) is 53.4 Å². The van der Waals surface area contributed by atoms with E-state index >= 15 is 0 Å². The average Bonchev–Trinajstić information content (AvgIpc) is 3.11. The summed E-state index contributed by atoms with van der Waals surface area (Å²) in [6, 6.07) is 13.4. The summed E-state index contributed by atoms with van der Waals surface area (Å²) < 4.78 is 33.9. The van der Waals surface area contributed by atoms with E-state index in [-0.39, 0.29) is 42.6 Å². The van der Waals surface area contributed by atoms with Crippen molar-refractivity contribution in [2.75, 3.05) is 26.2 Å². The predicted molar refractivity (Wildman–Crippen MR) is 118 cm³/mol. The molecule has 1 N–H and O–H groups in total. The van der Waals surface area contributed by atoms with Gasteiger partial charge < -0.3 is 14.6 Å². The molecule has 168 valence electrons. The van der Waals surface area contributed by atoms with Gasteiger partial charge in [0.05, 0.1) is 34.6 Å².